The van der Waals surface area contributed by atoms with Gasteiger partial charge >= 0.3 is 0 Å². The van der Waals surface area contributed by atoms with Crippen LogP contribution >= 0.6 is 31.9 Å². The Hall–Kier alpha value is -0.940. The molecule has 0 fully saturated rings. The van der Waals surface area contributed by atoms with Gasteiger partial charge in [0.15, 0.2) is 0 Å². The number of hydrogen-bond donors (Lipinski definition) is 1. The molecule has 0 bridgehead atoms. The lowest BCUT2D eigenvalue weighted by molar-refractivity contribution is 0.570. The summed E-state index contributed by atoms with van der Waals surface area (Å²) in [5.74, 6) is -1.14. The van der Waals surface area contributed by atoms with Crippen LogP contribution in [0.25, 0.3) is 0 Å². The highest BCUT2D eigenvalue weighted by Gasteiger charge is 2.20. The van der Waals surface area contributed by atoms with E-state index >= 15 is 0 Å². The first kappa shape index (κ1) is 15.0. The minimum Gasteiger partial charge on any atom is -0.380 e. The Morgan fingerprint density at radius 2 is 1.81 bits per heavy atom. The zero-order valence-corrected chi connectivity index (χ0v) is 14.3. The maximum Gasteiger partial charge on any atom is 0.149 e. The lowest BCUT2D eigenvalue weighted by Gasteiger charge is -2.27. The van der Waals surface area contributed by atoms with Gasteiger partial charge in [-0.05, 0) is 64.5 Å². The SMILES string of the molecule is Fc1cc(F)c(NC2CCc3cc(Br)ccc3C2)cc1Br. The lowest BCUT2D eigenvalue weighted by atomic mass is 9.88. The zero-order chi connectivity index (χ0) is 15.0. The summed E-state index contributed by atoms with van der Waals surface area (Å²) in [6.07, 6.45) is 2.73. The van der Waals surface area contributed by atoms with E-state index in [9.17, 15) is 8.78 Å². The van der Waals surface area contributed by atoms with Crippen molar-refractivity contribution in [2.24, 2.45) is 0 Å². The molecule has 5 heteroatoms. The van der Waals surface area contributed by atoms with Crippen LogP contribution in [0.15, 0.2) is 39.3 Å². The van der Waals surface area contributed by atoms with Gasteiger partial charge in [0.05, 0.1) is 10.2 Å². The number of benzene rings is 2. The van der Waals surface area contributed by atoms with Crippen LogP contribution in [0.3, 0.4) is 0 Å². The fourth-order valence-electron chi connectivity index (χ4n) is 2.70. The Morgan fingerprint density at radius 1 is 1.00 bits per heavy atom. The number of nitrogens with one attached hydrogen (secondary N) is 1. The molecule has 1 N–H and O–H groups in total. The molecule has 0 saturated carbocycles. The van der Waals surface area contributed by atoms with Crippen molar-refractivity contribution in [1.29, 1.82) is 0 Å². The third-order valence-corrected chi connectivity index (χ3v) is 4.87. The van der Waals surface area contributed by atoms with E-state index in [4.69, 9.17) is 0 Å². The molecule has 2 aromatic rings. The minimum atomic E-state index is -0.586. The number of fused-ring (bicyclic) bond motifs is 1. The van der Waals surface area contributed by atoms with E-state index in [1.165, 1.54) is 17.2 Å². The molecule has 0 aromatic heterocycles. The van der Waals surface area contributed by atoms with Gasteiger partial charge in [-0.1, -0.05) is 22.0 Å². The van der Waals surface area contributed by atoms with Crippen LogP contribution in [0.5, 0.6) is 0 Å². The average Bonchev–Trinajstić information content (AvgIpc) is 2.45. The van der Waals surface area contributed by atoms with E-state index in [0.29, 0.717) is 5.69 Å². The highest BCUT2D eigenvalue weighted by atomic mass is 79.9. The normalized spacial score (nSPS) is 17.4. The zero-order valence-electron chi connectivity index (χ0n) is 11.1. The van der Waals surface area contributed by atoms with Gasteiger partial charge in [0, 0.05) is 16.6 Å². The second-order valence-corrected chi connectivity index (χ2v) is 7.01. The van der Waals surface area contributed by atoms with Crippen molar-refractivity contribution in [3.05, 3.63) is 62.0 Å². The molecule has 0 amide bonds. The van der Waals surface area contributed by atoms with Crippen LogP contribution in [0.1, 0.15) is 17.5 Å². The largest absolute Gasteiger partial charge is 0.380 e. The fourth-order valence-corrected chi connectivity index (χ4v) is 3.45. The number of halogens is 4. The van der Waals surface area contributed by atoms with Gasteiger partial charge < -0.3 is 5.32 Å². The molecule has 3 rings (SSSR count). The Balaban J connectivity index is 1.78. The molecule has 110 valence electrons. The van der Waals surface area contributed by atoms with Gasteiger partial charge in [0.25, 0.3) is 0 Å². The Bertz CT molecular complexity index is 688. The van der Waals surface area contributed by atoms with Gasteiger partial charge in [-0.25, -0.2) is 8.78 Å². The summed E-state index contributed by atoms with van der Waals surface area (Å²) in [4.78, 5) is 0. The molecular weight excluding hydrogens is 404 g/mol. The van der Waals surface area contributed by atoms with Crippen LogP contribution in [0.2, 0.25) is 0 Å². The molecule has 1 unspecified atom stereocenters. The van der Waals surface area contributed by atoms with Crippen molar-refractivity contribution in [2.75, 3.05) is 5.32 Å². The summed E-state index contributed by atoms with van der Waals surface area (Å²) in [7, 11) is 0. The predicted octanol–water partition coefficient (Wildman–Crippen LogP) is 5.46. The average molecular weight is 417 g/mol. The molecule has 1 nitrogen and oxygen atoms in total. The van der Waals surface area contributed by atoms with Crippen molar-refractivity contribution in [3.63, 3.8) is 0 Å². The van der Waals surface area contributed by atoms with Crippen LogP contribution in [0, 0.1) is 11.6 Å². The van der Waals surface area contributed by atoms with E-state index < -0.39 is 11.6 Å². The standard InChI is InChI=1S/C16H13Br2F2N/c17-11-3-1-10-6-12(4-2-9(10)5-11)21-16-7-13(18)14(19)8-15(16)20/h1,3,5,7-8,12,21H,2,4,6H2. The van der Waals surface area contributed by atoms with Crippen LogP contribution in [-0.4, -0.2) is 6.04 Å². The molecule has 0 spiro atoms. The van der Waals surface area contributed by atoms with E-state index in [1.807, 2.05) is 6.07 Å². The summed E-state index contributed by atoms with van der Waals surface area (Å²) in [6.45, 7) is 0. The number of aryl methyl sites for hydroxylation is 1. The van der Waals surface area contributed by atoms with E-state index in [0.717, 1.165) is 29.8 Å². The number of hydrogen-bond acceptors (Lipinski definition) is 1. The van der Waals surface area contributed by atoms with Crippen molar-refractivity contribution in [1.82, 2.24) is 0 Å². The van der Waals surface area contributed by atoms with Gasteiger partial charge in [-0.3, -0.25) is 0 Å². The fraction of sp³-hybridized carbons (Fsp3) is 0.250. The molecule has 21 heavy (non-hydrogen) atoms. The molecular formula is C16H13Br2F2N. The van der Waals surface area contributed by atoms with Gasteiger partial charge in [-0.15, -0.1) is 0 Å². The second kappa shape index (κ2) is 6.05. The minimum absolute atomic E-state index is 0.158. The van der Waals surface area contributed by atoms with Gasteiger partial charge in [0.1, 0.15) is 11.6 Å². The molecule has 0 aliphatic heterocycles. The molecule has 1 aliphatic carbocycles. The maximum absolute atomic E-state index is 13.8. The van der Waals surface area contributed by atoms with Crippen LogP contribution in [0.4, 0.5) is 14.5 Å². The molecule has 1 atom stereocenters. The van der Waals surface area contributed by atoms with Crippen molar-refractivity contribution >= 4 is 37.5 Å². The smallest absolute Gasteiger partial charge is 0.149 e. The maximum atomic E-state index is 13.8. The third-order valence-electron chi connectivity index (χ3n) is 3.77. The van der Waals surface area contributed by atoms with Crippen LogP contribution < -0.4 is 5.32 Å². The molecule has 2 aromatic carbocycles. The summed E-state index contributed by atoms with van der Waals surface area (Å²) < 4.78 is 28.4. The summed E-state index contributed by atoms with van der Waals surface area (Å²) >= 11 is 6.57. The first-order chi connectivity index (χ1) is 10.0. The van der Waals surface area contributed by atoms with E-state index in [-0.39, 0.29) is 10.5 Å². The second-order valence-electron chi connectivity index (χ2n) is 5.24. The molecule has 0 radical (unpaired) electrons. The van der Waals surface area contributed by atoms with Crippen LogP contribution in [-0.2, 0) is 12.8 Å². The lowest BCUT2D eigenvalue weighted by Crippen LogP contribution is -2.27. The van der Waals surface area contributed by atoms with E-state index in [2.05, 4.69) is 49.3 Å². The molecule has 0 heterocycles. The molecule has 1 aliphatic rings. The third kappa shape index (κ3) is 3.29. The van der Waals surface area contributed by atoms with E-state index in [1.54, 1.807) is 0 Å². The Morgan fingerprint density at radius 3 is 2.62 bits per heavy atom. The van der Waals surface area contributed by atoms with Crippen molar-refractivity contribution in [2.45, 2.75) is 25.3 Å². The topological polar surface area (TPSA) is 12.0 Å². The first-order valence-corrected chi connectivity index (χ1v) is 8.30. The summed E-state index contributed by atoms with van der Waals surface area (Å²) in [5.41, 5.74) is 2.96. The predicted molar refractivity (Wildman–Crippen MR) is 87.6 cm³/mol. The Kier molecular flexibility index (Phi) is 4.31. The van der Waals surface area contributed by atoms with Crippen molar-refractivity contribution in [3.8, 4) is 0 Å². The number of rotatable bonds is 2. The number of anilines is 1. The first-order valence-electron chi connectivity index (χ1n) is 6.71. The van der Waals surface area contributed by atoms with Gasteiger partial charge in [0.2, 0.25) is 0 Å². The quantitative estimate of drug-likeness (QED) is 0.641. The van der Waals surface area contributed by atoms with Gasteiger partial charge in [-0.2, -0.15) is 0 Å². The Labute approximate surface area is 139 Å². The summed E-state index contributed by atoms with van der Waals surface area (Å²) in [5, 5.41) is 3.19. The highest BCUT2D eigenvalue weighted by Crippen LogP contribution is 2.29. The summed E-state index contributed by atoms with van der Waals surface area (Å²) in [6, 6.07) is 8.79. The highest BCUT2D eigenvalue weighted by molar-refractivity contribution is 9.10. The molecule has 0 saturated heterocycles. The van der Waals surface area contributed by atoms with Crippen molar-refractivity contribution < 1.29 is 8.78 Å². The monoisotopic (exact) mass is 415 g/mol.